The summed E-state index contributed by atoms with van der Waals surface area (Å²) in [5.41, 5.74) is 3.90. The molecule has 0 bridgehead atoms. The summed E-state index contributed by atoms with van der Waals surface area (Å²) in [5, 5.41) is 5.06. The summed E-state index contributed by atoms with van der Waals surface area (Å²) >= 11 is 0. The average molecular weight is 376 g/mol. The number of methoxy groups -OCH3 is 1. The Hall–Kier alpha value is -2.46. The number of anilines is 1. The molecule has 146 valence electrons. The van der Waals surface area contributed by atoms with Crippen LogP contribution in [0.1, 0.15) is 37.2 Å². The monoisotopic (exact) mass is 375 g/mol. The van der Waals surface area contributed by atoms with Gasteiger partial charge in [-0.25, -0.2) is 0 Å². The van der Waals surface area contributed by atoms with E-state index in [0.29, 0.717) is 12.0 Å². The van der Waals surface area contributed by atoms with Crippen LogP contribution in [-0.4, -0.2) is 42.2 Å². The van der Waals surface area contributed by atoms with Crippen LogP contribution in [0.25, 0.3) is 10.9 Å². The quantitative estimate of drug-likeness (QED) is 0.659. The minimum absolute atomic E-state index is 0.530. The Morgan fingerprint density at radius 2 is 1.71 bits per heavy atom. The van der Waals surface area contributed by atoms with Gasteiger partial charge in [-0.1, -0.05) is 30.3 Å². The van der Waals surface area contributed by atoms with Crippen molar-refractivity contribution in [1.82, 2.24) is 9.88 Å². The Labute approximate surface area is 166 Å². The van der Waals surface area contributed by atoms with Crippen molar-refractivity contribution in [3.63, 3.8) is 0 Å². The van der Waals surface area contributed by atoms with Gasteiger partial charge in [-0.05, 0) is 55.4 Å². The molecule has 0 unspecified atom stereocenters. The molecule has 28 heavy (non-hydrogen) atoms. The number of para-hydroxylation sites is 3. The molecule has 2 fully saturated rings. The van der Waals surface area contributed by atoms with Crippen molar-refractivity contribution in [2.75, 3.05) is 25.5 Å². The van der Waals surface area contributed by atoms with E-state index in [9.17, 15) is 0 Å². The topological polar surface area (TPSA) is 40.3 Å². The van der Waals surface area contributed by atoms with Crippen molar-refractivity contribution >= 4 is 16.6 Å². The number of ether oxygens (including phenoxy) is 1. The number of likely N-dealkylation sites (tertiary alicyclic amines) is 1. The lowest BCUT2D eigenvalue weighted by Crippen LogP contribution is -2.59. The molecule has 2 aromatic carbocycles. The molecule has 4 heteroatoms. The van der Waals surface area contributed by atoms with Gasteiger partial charge in [0.25, 0.3) is 0 Å². The standard InChI is InChI=1S/C24H29N3O/c1-28-24-9-5-4-8-23(24)26-18-15-27(16-18)19-12-10-17(11-13-19)21-14-25-22-7-3-2-6-20(21)22/h2-9,14,17-19,25-26H,10-13,15-16H2,1H3/t17-,19+. The number of H-pyrrole nitrogens is 1. The zero-order valence-corrected chi connectivity index (χ0v) is 16.5. The van der Waals surface area contributed by atoms with Crippen LogP contribution in [0.5, 0.6) is 5.75 Å². The number of nitrogens with one attached hydrogen (secondary N) is 2. The molecule has 1 saturated heterocycles. The van der Waals surface area contributed by atoms with Gasteiger partial charge in [0.05, 0.1) is 18.8 Å². The highest BCUT2D eigenvalue weighted by Crippen LogP contribution is 2.39. The molecule has 1 aliphatic carbocycles. The normalized spacial score (nSPS) is 23.5. The van der Waals surface area contributed by atoms with Crippen LogP contribution in [0.15, 0.2) is 54.7 Å². The molecule has 1 aliphatic heterocycles. The van der Waals surface area contributed by atoms with Crippen molar-refractivity contribution in [2.24, 2.45) is 0 Å². The molecular weight excluding hydrogens is 346 g/mol. The summed E-state index contributed by atoms with van der Waals surface area (Å²) in [4.78, 5) is 6.12. The van der Waals surface area contributed by atoms with Gasteiger partial charge in [0.2, 0.25) is 0 Å². The molecule has 3 aromatic rings. The van der Waals surface area contributed by atoms with Crippen LogP contribution in [0, 0.1) is 0 Å². The van der Waals surface area contributed by atoms with Gasteiger partial charge in [-0.3, -0.25) is 4.90 Å². The number of fused-ring (bicyclic) bond motifs is 1. The number of aromatic nitrogens is 1. The third-order valence-corrected chi connectivity index (χ3v) is 6.65. The Balaban J connectivity index is 1.14. The molecule has 1 saturated carbocycles. The number of hydrogen-bond acceptors (Lipinski definition) is 3. The first-order valence-corrected chi connectivity index (χ1v) is 10.5. The zero-order chi connectivity index (χ0) is 18.9. The Bertz CT molecular complexity index is 936. The fourth-order valence-electron chi connectivity index (χ4n) is 5.07. The second-order valence-corrected chi connectivity index (χ2v) is 8.29. The predicted octanol–water partition coefficient (Wildman–Crippen LogP) is 5.00. The Kier molecular flexibility index (Phi) is 4.73. The van der Waals surface area contributed by atoms with E-state index < -0.39 is 0 Å². The first-order chi connectivity index (χ1) is 13.8. The smallest absolute Gasteiger partial charge is 0.141 e. The van der Waals surface area contributed by atoms with Crippen molar-refractivity contribution in [3.8, 4) is 5.75 Å². The Morgan fingerprint density at radius 1 is 0.964 bits per heavy atom. The minimum atomic E-state index is 0.530. The highest BCUT2D eigenvalue weighted by molar-refractivity contribution is 5.83. The first-order valence-electron chi connectivity index (χ1n) is 10.5. The van der Waals surface area contributed by atoms with E-state index in [2.05, 4.69) is 57.8 Å². The molecule has 0 amide bonds. The van der Waals surface area contributed by atoms with E-state index in [1.54, 1.807) is 7.11 Å². The maximum atomic E-state index is 5.46. The van der Waals surface area contributed by atoms with Gasteiger partial charge in [0, 0.05) is 36.2 Å². The van der Waals surface area contributed by atoms with E-state index in [0.717, 1.165) is 30.6 Å². The second kappa shape index (κ2) is 7.51. The van der Waals surface area contributed by atoms with Gasteiger partial charge in [-0.15, -0.1) is 0 Å². The van der Waals surface area contributed by atoms with Crippen molar-refractivity contribution in [1.29, 1.82) is 0 Å². The highest BCUT2D eigenvalue weighted by Gasteiger charge is 2.35. The van der Waals surface area contributed by atoms with E-state index in [-0.39, 0.29) is 0 Å². The molecule has 2 N–H and O–H groups in total. The molecule has 2 heterocycles. The summed E-state index contributed by atoms with van der Waals surface area (Å²) in [5.74, 6) is 1.64. The van der Waals surface area contributed by atoms with Crippen molar-refractivity contribution in [3.05, 3.63) is 60.3 Å². The molecule has 0 spiro atoms. The number of rotatable bonds is 5. The SMILES string of the molecule is COc1ccccc1NC1CN([C@H]2CC[C@@H](c3c[nH]c4ccccc43)CC2)C1. The maximum absolute atomic E-state index is 5.46. The van der Waals surface area contributed by atoms with E-state index >= 15 is 0 Å². The summed E-state index contributed by atoms with van der Waals surface area (Å²) < 4.78 is 5.46. The van der Waals surface area contributed by atoms with Gasteiger partial charge >= 0.3 is 0 Å². The van der Waals surface area contributed by atoms with Crippen LogP contribution in [-0.2, 0) is 0 Å². The van der Waals surface area contributed by atoms with Gasteiger partial charge in [0.1, 0.15) is 5.75 Å². The molecule has 0 atom stereocenters. The van der Waals surface area contributed by atoms with Gasteiger partial charge in [-0.2, -0.15) is 0 Å². The number of benzene rings is 2. The number of hydrogen-bond donors (Lipinski definition) is 2. The summed E-state index contributed by atoms with van der Waals surface area (Å²) in [6.07, 6.45) is 7.46. The molecule has 4 nitrogen and oxygen atoms in total. The highest BCUT2D eigenvalue weighted by atomic mass is 16.5. The summed E-state index contributed by atoms with van der Waals surface area (Å²) in [7, 11) is 1.74. The molecular formula is C24H29N3O. The first kappa shape index (κ1) is 17.6. The maximum Gasteiger partial charge on any atom is 0.141 e. The summed E-state index contributed by atoms with van der Waals surface area (Å²) in [6.45, 7) is 2.28. The molecule has 1 aromatic heterocycles. The average Bonchev–Trinajstić information content (AvgIpc) is 3.15. The molecule has 0 radical (unpaired) electrons. The van der Waals surface area contributed by atoms with Crippen molar-refractivity contribution < 1.29 is 4.74 Å². The van der Waals surface area contributed by atoms with Crippen LogP contribution >= 0.6 is 0 Å². The lowest BCUT2D eigenvalue weighted by Gasteiger charge is -2.47. The molecule has 5 rings (SSSR count). The largest absolute Gasteiger partial charge is 0.495 e. The summed E-state index contributed by atoms with van der Waals surface area (Å²) in [6, 6.07) is 18.2. The van der Waals surface area contributed by atoms with Crippen LogP contribution in [0.4, 0.5) is 5.69 Å². The van der Waals surface area contributed by atoms with E-state index in [4.69, 9.17) is 4.74 Å². The van der Waals surface area contributed by atoms with Crippen LogP contribution < -0.4 is 10.1 Å². The van der Waals surface area contributed by atoms with E-state index in [1.165, 1.54) is 42.1 Å². The minimum Gasteiger partial charge on any atom is -0.495 e. The van der Waals surface area contributed by atoms with Gasteiger partial charge < -0.3 is 15.0 Å². The molecule has 2 aliphatic rings. The second-order valence-electron chi connectivity index (χ2n) is 8.29. The third-order valence-electron chi connectivity index (χ3n) is 6.65. The van der Waals surface area contributed by atoms with Crippen molar-refractivity contribution in [2.45, 2.75) is 43.7 Å². The Morgan fingerprint density at radius 3 is 2.54 bits per heavy atom. The number of nitrogens with zero attached hydrogens (tertiary/aromatic N) is 1. The van der Waals surface area contributed by atoms with E-state index in [1.807, 2.05) is 12.1 Å². The lowest BCUT2D eigenvalue weighted by atomic mass is 9.80. The van der Waals surface area contributed by atoms with Crippen LogP contribution in [0.3, 0.4) is 0 Å². The van der Waals surface area contributed by atoms with Crippen LogP contribution in [0.2, 0.25) is 0 Å². The number of aromatic amines is 1. The predicted molar refractivity (Wildman–Crippen MR) is 115 cm³/mol. The lowest BCUT2D eigenvalue weighted by molar-refractivity contribution is 0.0749. The zero-order valence-electron chi connectivity index (χ0n) is 16.5. The fourth-order valence-corrected chi connectivity index (χ4v) is 5.07. The van der Waals surface area contributed by atoms with Gasteiger partial charge in [0.15, 0.2) is 0 Å². The third kappa shape index (κ3) is 3.26. The fraction of sp³-hybridized carbons (Fsp3) is 0.417.